The lowest BCUT2D eigenvalue weighted by Gasteiger charge is -1.94. The minimum Gasteiger partial charge on any atom is -0.358 e. The minimum absolute atomic E-state index is 0.915. The van der Waals surface area contributed by atoms with Crippen LogP contribution in [-0.2, 0) is 0 Å². The molecule has 2 aromatic heterocycles. The fourth-order valence-corrected chi connectivity index (χ4v) is 3.48. The molecule has 4 aromatic rings. The van der Waals surface area contributed by atoms with Crippen molar-refractivity contribution in [2.75, 3.05) is 0 Å². The topological polar surface area (TPSA) is 31.6 Å². The normalized spacial score (nSPS) is 12.2. The maximum atomic E-state index is 3.44. The summed E-state index contributed by atoms with van der Waals surface area (Å²) in [5.74, 6) is 0. The lowest BCUT2D eigenvalue weighted by atomic mass is 10.1. The third kappa shape index (κ3) is 2.91. The number of aryl methyl sites for hydroxylation is 2. The number of H-pyrrole nitrogens is 2. The fraction of sp³-hybridized carbons (Fsp3) is 0.130. The second-order valence-corrected chi connectivity index (χ2v) is 6.46. The van der Waals surface area contributed by atoms with Crippen molar-refractivity contribution in [1.82, 2.24) is 9.97 Å². The molecule has 0 aliphatic heterocycles. The number of aromatic amines is 2. The summed E-state index contributed by atoms with van der Waals surface area (Å²) in [7, 11) is 0. The van der Waals surface area contributed by atoms with Crippen LogP contribution in [0.1, 0.15) is 28.9 Å². The van der Waals surface area contributed by atoms with Gasteiger partial charge in [0, 0.05) is 44.3 Å². The minimum atomic E-state index is 0.915. The summed E-state index contributed by atoms with van der Waals surface area (Å²) in [4.78, 5) is 6.89. The SMILES string of the molecule is Cc1[nH]c2ccccc2c1/C=C/C/C=C/c1c(C)[nH]c2ccccc12. The van der Waals surface area contributed by atoms with Crippen LogP contribution in [0.15, 0.2) is 60.7 Å². The first-order chi connectivity index (χ1) is 12.2. The number of para-hydroxylation sites is 2. The Balaban J connectivity index is 1.53. The Kier molecular flexibility index (Phi) is 4.02. The van der Waals surface area contributed by atoms with E-state index < -0.39 is 0 Å². The predicted molar refractivity (Wildman–Crippen MR) is 109 cm³/mol. The highest BCUT2D eigenvalue weighted by atomic mass is 14.7. The highest BCUT2D eigenvalue weighted by Gasteiger charge is 2.05. The molecule has 0 unspecified atom stereocenters. The van der Waals surface area contributed by atoms with Gasteiger partial charge in [-0.1, -0.05) is 60.7 Å². The van der Waals surface area contributed by atoms with Crippen molar-refractivity contribution >= 4 is 34.0 Å². The summed E-state index contributed by atoms with van der Waals surface area (Å²) in [6.07, 6.45) is 9.81. The van der Waals surface area contributed by atoms with Crippen molar-refractivity contribution < 1.29 is 0 Å². The van der Waals surface area contributed by atoms with E-state index in [4.69, 9.17) is 0 Å². The van der Waals surface area contributed by atoms with Crippen LogP contribution < -0.4 is 0 Å². The molecule has 0 bridgehead atoms. The highest BCUT2D eigenvalue weighted by molar-refractivity contribution is 5.91. The van der Waals surface area contributed by atoms with E-state index in [2.05, 4.69) is 96.7 Å². The van der Waals surface area contributed by atoms with Crippen molar-refractivity contribution in [1.29, 1.82) is 0 Å². The molecular weight excluding hydrogens is 304 g/mol. The number of hydrogen-bond donors (Lipinski definition) is 2. The molecule has 0 fully saturated rings. The smallest absolute Gasteiger partial charge is 0.0462 e. The molecule has 2 heteroatoms. The molecule has 0 radical (unpaired) electrons. The number of benzene rings is 2. The molecule has 0 aliphatic carbocycles. The van der Waals surface area contributed by atoms with E-state index in [9.17, 15) is 0 Å². The standard InChI is InChI=1S/C23H22N2/c1-16-18(20-12-6-8-14-22(20)24-16)10-4-3-5-11-19-17(2)25-23-15-9-7-13-21(19)23/h4-15,24-25H,3H2,1-2H3/b10-4+,11-5+. The van der Waals surface area contributed by atoms with Gasteiger partial charge in [0.25, 0.3) is 0 Å². The summed E-state index contributed by atoms with van der Waals surface area (Å²) < 4.78 is 0. The van der Waals surface area contributed by atoms with Crippen LogP contribution in [0.2, 0.25) is 0 Å². The van der Waals surface area contributed by atoms with E-state index in [1.54, 1.807) is 0 Å². The summed E-state index contributed by atoms with van der Waals surface area (Å²) in [6, 6.07) is 16.9. The first-order valence-electron chi connectivity index (χ1n) is 8.72. The van der Waals surface area contributed by atoms with Crippen LogP contribution in [0, 0.1) is 13.8 Å². The molecule has 2 heterocycles. The van der Waals surface area contributed by atoms with Gasteiger partial charge in [-0.25, -0.2) is 0 Å². The number of aromatic nitrogens is 2. The molecule has 0 saturated heterocycles. The van der Waals surface area contributed by atoms with Gasteiger partial charge in [0.2, 0.25) is 0 Å². The maximum Gasteiger partial charge on any atom is 0.0462 e. The molecule has 0 aliphatic rings. The van der Waals surface area contributed by atoms with Crippen LogP contribution in [0.25, 0.3) is 34.0 Å². The summed E-state index contributed by atoms with van der Waals surface area (Å²) in [5.41, 5.74) is 7.40. The monoisotopic (exact) mass is 326 g/mol. The van der Waals surface area contributed by atoms with Gasteiger partial charge in [0.05, 0.1) is 0 Å². The molecule has 25 heavy (non-hydrogen) atoms. The van der Waals surface area contributed by atoms with E-state index in [0.29, 0.717) is 0 Å². The van der Waals surface area contributed by atoms with Crippen LogP contribution in [-0.4, -0.2) is 9.97 Å². The Morgan fingerprint density at radius 3 is 1.60 bits per heavy atom. The molecule has 0 amide bonds. The van der Waals surface area contributed by atoms with Crippen molar-refractivity contribution in [3.8, 4) is 0 Å². The van der Waals surface area contributed by atoms with Crippen LogP contribution in [0.3, 0.4) is 0 Å². The van der Waals surface area contributed by atoms with Gasteiger partial charge in [-0.05, 0) is 32.4 Å². The van der Waals surface area contributed by atoms with Gasteiger partial charge in [0.15, 0.2) is 0 Å². The Morgan fingerprint density at radius 2 is 1.12 bits per heavy atom. The second kappa shape index (κ2) is 6.48. The molecule has 2 N–H and O–H groups in total. The number of rotatable bonds is 4. The van der Waals surface area contributed by atoms with Crippen molar-refractivity contribution in [2.24, 2.45) is 0 Å². The van der Waals surface area contributed by atoms with Crippen molar-refractivity contribution in [3.63, 3.8) is 0 Å². The van der Waals surface area contributed by atoms with Crippen LogP contribution >= 0.6 is 0 Å². The van der Waals surface area contributed by atoms with E-state index in [0.717, 1.165) is 6.42 Å². The molecule has 0 saturated carbocycles. The summed E-state index contributed by atoms with van der Waals surface area (Å²) in [6.45, 7) is 4.26. The highest BCUT2D eigenvalue weighted by Crippen LogP contribution is 2.24. The largest absolute Gasteiger partial charge is 0.358 e. The Hall–Kier alpha value is -3.00. The summed E-state index contributed by atoms with van der Waals surface area (Å²) in [5, 5.41) is 2.57. The first kappa shape index (κ1) is 15.5. The molecule has 124 valence electrons. The zero-order chi connectivity index (χ0) is 17.2. The molecule has 0 atom stereocenters. The Labute approximate surface area is 147 Å². The van der Waals surface area contributed by atoms with Gasteiger partial charge in [-0.2, -0.15) is 0 Å². The van der Waals surface area contributed by atoms with Gasteiger partial charge in [-0.15, -0.1) is 0 Å². The Bertz CT molecular complexity index is 1000. The van der Waals surface area contributed by atoms with Gasteiger partial charge < -0.3 is 9.97 Å². The van der Waals surface area contributed by atoms with E-state index in [1.807, 2.05) is 0 Å². The van der Waals surface area contributed by atoms with E-state index >= 15 is 0 Å². The zero-order valence-corrected chi connectivity index (χ0v) is 14.6. The number of allylic oxidation sites excluding steroid dienone is 2. The van der Waals surface area contributed by atoms with Crippen LogP contribution in [0.4, 0.5) is 0 Å². The molecule has 0 spiro atoms. The van der Waals surface area contributed by atoms with Gasteiger partial charge in [-0.3, -0.25) is 0 Å². The lowest BCUT2D eigenvalue weighted by molar-refractivity contribution is 1.29. The third-order valence-corrected chi connectivity index (χ3v) is 4.73. The molecular formula is C23H22N2. The average molecular weight is 326 g/mol. The lowest BCUT2D eigenvalue weighted by Crippen LogP contribution is -1.75. The second-order valence-electron chi connectivity index (χ2n) is 6.46. The summed E-state index contributed by atoms with van der Waals surface area (Å²) >= 11 is 0. The molecule has 2 nitrogen and oxygen atoms in total. The number of nitrogens with one attached hydrogen (secondary N) is 2. The number of hydrogen-bond acceptors (Lipinski definition) is 0. The third-order valence-electron chi connectivity index (χ3n) is 4.73. The van der Waals surface area contributed by atoms with Crippen molar-refractivity contribution in [2.45, 2.75) is 20.3 Å². The van der Waals surface area contributed by atoms with E-state index in [1.165, 1.54) is 44.3 Å². The fourth-order valence-electron chi connectivity index (χ4n) is 3.48. The molecule has 2 aromatic carbocycles. The maximum absolute atomic E-state index is 3.44. The van der Waals surface area contributed by atoms with Gasteiger partial charge >= 0.3 is 0 Å². The molecule has 4 rings (SSSR count). The van der Waals surface area contributed by atoms with Crippen molar-refractivity contribution in [3.05, 3.63) is 83.2 Å². The van der Waals surface area contributed by atoms with Crippen LogP contribution in [0.5, 0.6) is 0 Å². The zero-order valence-electron chi connectivity index (χ0n) is 14.6. The van der Waals surface area contributed by atoms with E-state index in [-0.39, 0.29) is 0 Å². The van der Waals surface area contributed by atoms with Gasteiger partial charge in [0.1, 0.15) is 0 Å². The average Bonchev–Trinajstić information content (AvgIpc) is 3.11. The number of fused-ring (bicyclic) bond motifs is 2. The Morgan fingerprint density at radius 1 is 0.680 bits per heavy atom. The first-order valence-corrected chi connectivity index (χ1v) is 8.72. The predicted octanol–water partition coefficient (Wildman–Crippen LogP) is 6.38. The quantitative estimate of drug-likeness (QED) is 0.436.